The standard InChI is InChI=1S/C18H23N9O2S/c19-30(28,29)16-3-1-2-15(17(16)18-22-24-25-23-18)14-6-4-13(5-7-14)12-20-8-10-27-11-9-21-26-27/h1-7,9,11,18,20,22-25H,8,10,12H2,(H2,19,28,29). The number of rotatable bonds is 8. The molecule has 1 aliphatic heterocycles. The molecule has 0 aliphatic carbocycles. The van der Waals surface area contributed by atoms with E-state index in [-0.39, 0.29) is 4.90 Å². The van der Waals surface area contributed by atoms with Crippen molar-refractivity contribution >= 4 is 10.0 Å². The molecule has 1 aliphatic rings. The van der Waals surface area contributed by atoms with Crippen LogP contribution in [0.3, 0.4) is 0 Å². The Morgan fingerprint density at radius 3 is 2.53 bits per heavy atom. The molecule has 1 saturated heterocycles. The molecule has 0 saturated carbocycles. The van der Waals surface area contributed by atoms with Crippen LogP contribution < -0.4 is 32.4 Å². The number of hydrogen-bond donors (Lipinski definition) is 6. The number of aromatic nitrogens is 3. The zero-order valence-electron chi connectivity index (χ0n) is 16.0. The van der Waals surface area contributed by atoms with Crippen LogP contribution in [-0.4, -0.2) is 30.0 Å². The van der Waals surface area contributed by atoms with Gasteiger partial charge in [0.15, 0.2) is 0 Å². The fraction of sp³-hybridized carbons (Fsp3) is 0.222. The predicted octanol–water partition coefficient (Wildman–Crippen LogP) is -0.502. The summed E-state index contributed by atoms with van der Waals surface area (Å²) in [6.07, 6.45) is 3.00. The lowest BCUT2D eigenvalue weighted by atomic mass is 9.97. The van der Waals surface area contributed by atoms with E-state index in [2.05, 4.69) is 37.6 Å². The van der Waals surface area contributed by atoms with Gasteiger partial charge in [-0.3, -0.25) is 4.68 Å². The molecule has 0 radical (unpaired) electrons. The SMILES string of the molecule is NS(=O)(=O)c1cccc(-c2ccc(CNCCn3ccnn3)cc2)c1C1NNNN1. The lowest BCUT2D eigenvalue weighted by Crippen LogP contribution is -2.33. The molecule has 158 valence electrons. The Morgan fingerprint density at radius 2 is 1.87 bits per heavy atom. The van der Waals surface area contributed by atoms with E-state index in [1.165, 1.54) is 6.07 Å². The van der Waals surface area contributed by atoms with E-state index in [1.807, 2.05) is 36.5 Å². The van der Waals surface area contributed by atoms with E-state index < -0.39 is 16.2 Å². The fourth-order valence-corrected chi connectivity index (χ4v) is 4.12. The number of nitrogens with two attached hydrogens (primary N) is 1. The van der Waals surface area contributed by atoms with Crippen LogP contribution in [0, 0.1) is 0 Å². The van der Waals surface area contributed by atoms with Crippen LogP contribution >= 0.6 is 0 Å². The first kappa shape index (κ1) is 20.6. The maximum atomic E-state index is 12.1. The summed E-state index contributed by atoms with van der Waals surface area (Å²) in [6, 6.07) is 13.0. The predicted molar refractivity (Wildman–Crippen MR) is 110 cm³/mol. The molecule has 3 aromatic rings. The Balaban J connectivity index is 1.52. The molecule has 0 bridgehead atoms. The molecular formula is C18H23N9O2S. The fourth-order valence-electron chi connectivity index (χ4n) is 3.32. The van der Waals surface area contributed by atoms with Crippen molar-refractivity contribution in [2.45, 2.75) is 24.2 Å². The summed E-state index contributed by atoms with van der Waals surface area (Å²) >= 11 is 0. The summed E-state index contributed by atoms with van der Waals surface area (Å²) < 4.78 is 26.1. The molecule has 30 heavy (non-hydrogen) atoms. The van der Waals surface area contributed by atoms with Crippen molar-refractivity contribution in [2.24, 2.45) is 5.14 Å². The Bertz CT molecular complexity index is 1080. The molecule has 0 unspecified atom stereocenters. The smallest absolute Gasteiger partial charge is 0.238 e. The highest BCUT2D eigenvalue weighted by molar-refractivity contribution is 7.89. The van der Waals surface area contributed by atoms with Crippen LogP contribution in [0.15, 0.2) is 59.8 Å². The summed E-state index contributed by atoms with van der Waals surface area (Å²) in [7, 11) is -3.90. The van der Waals surface area contributed by atoms with Crippen LogP contribution in [0.1, 0.15) is 17.3 Å². The van der Waals surface area contributed by atoms with Crippen molar-refractivity contribution in [1.29, 1.82) is 0 Å². The summed E-state index contributed by atoms with van der Waals surface area (Å²) in [6.45, 7) is 2.22. The first-order valence-corrected chi connectivity index (χ1v) is 10.9. The molecule has 2 aromatic carbocycles. The van der Waals surface area contributed by atoms with Crippen molar-refractivity contribution in [3.05, 3.63) is 66.0 Å². The number of sulfonamides is 1. The quantitative estimate of drug-likeness (QED) is 0.260. The molecule has 4 rings (SSSR count). The van der Waals surface area contributed by atoms with Crippen molar-refractivity contribution < 1.29 is 8.42 Å². The summed E-state index contributed by atoms with van der Waals surface area (Å²) in [5.41, 5.74) is 14.6. The number of nitrogens with one attached hydrogen (secondary N) is 5. The number of primary sulfonamides is 1. The average molecular weight is 430 g/mol. The second kappa shape index (κ2) is 8.97. The number of nitrogens with zero attached hydrogens (tertiary/aromatic N) is 3. The van der Waals surface area contributed by atoms with Gasteiger partial charge in [-0.25, -0.2) is 24.4 Å². The van der Waals surface area contributed by atoms with Gasteiger partial charge in [-0.2, -0.15) is 11.1 Å². The third-order valence-electron chi connectivity index (χ3n) is 4.74. The molecule has 12 heteroatoms. The average Bonchev–Trinajstić information content (AvgIpc) is 3.45. The molecule has 11 nitrogen and oxygen atoms in total. The highest BCUT2D eigenvalue weighted by atomic mass is 32.2. The number of benzene rings is 2. The second-order valence-corrected chi connectivity index (χ2v) is 8.30. The van der Waals surface area contributed by atoms with Crippen LogP contribution in [0.5, 0.6) is 0 Å². The molecular weight excluding hydrogens is 406 g/mol. The Labute approximate surface area is 174 Å². The zero-order chi connectivity index (χ0) is 21.0. The van der Waals surface area contributed by atoms with Gasteiger partial charge in [0.2, 0.25) is 10.0 Å². The molecule has 0 atom stereocenters. The zero-order valence-corrected chi connectivity index (χ0v) is 16.9. The normalized spacial score (nSPS) is 15.0. The van der Waals surface area contributed by atoms with E-state index in [0.29, 0.717) is 12.1 Å². The van der Waals surface area contributed by atoms with Gasteiger partial charge in [0.05, 0.1) is 17.6 Å². The first-order chi connectivity index (χ1) is 14.5. The maximum Gasteiger partial charge on any atom is 0.238 e. The van der Waals surface area contributed by atoms with E-state index >= 15 is 0 Å². The molecule has 0 spiro atoms. The van der Waals surface area contributed by atoms with Gasteiger partial charge in [0, 0.05) is 24.8 Å². The van der Waals surface area contributed by atoms with Crippen LogP contribution in [0.4, 0.5) is 0 Å². The molecule has 2 heterocycles. The van der Waals surface area contributed by atoms with Gasteiger partial charge < -0.3 is 5.32 Å². The summed E-state index contributed by atoms with van der Waals surface area (Å²) in [4.78, 5) is 0.0642. The van der Waals surface area contributed by atoms with Gasteiger partial charge in [0.1, 0.15) is 6.17 Å². The van der Waals surface area contributed by atoms with Gasteiger partial charge >= 0.3 is 0 Å². The summed E-state index contributed by atoms with van der Waals surface area (Å²) in [5.74, 6) is 0. The lowest BCUT2D eigenvalue weighted by Gasteiger charge is -2.19. The highest BCUT2D eigenvalue weighted by Gasteiger charge is 2.26. The Hall–Kier alpha value is -2.71. The Kier molecular flexibility index (Phi) is 6.15. The van der Waals surface area contributed by atoms with Crippen LogP contribution in [0.25, 0.3) is 11.1 Å². The van der Waals surface area contributed by atoms with E-state index in [0.717, 1.165) is 29.8 Å². The first-order valence-electron chi connectivity index (χ1n) is 9.33. The van der Waals surface area contributed by atoms with Crippen LogP contribution in [0.2, 0.25) is 0 Å². The monoisotopic (exact) mass is 429 g/mol. The molecule has 1 aromatic heterocycles. The minimum absolute atomic E-state index is 0.0642. The van der Waals surface area contributed by atoms with E-state index in [4.69, 9.17) is 5.14 Å². The maximum absolute atomic E-state index is 12.1. The Morgan fingerprint density at radius 1 is 1.10 bits per heavy atom. The van der Waals surface area contributed by atoms with Gasteiger partial charge in [-0.05, 0) is 22.8 Å². The minimum atomic E-state index is -3.90. The highest BCUT2D eigenvalue weighted by Crippen LogP contribution is 2.32. The second-order valence-electron chi connectivity index (χ2n) is 6.77. The largest absolute Gasteiger partial charge is 0.311 e. The van der Waals surface area contributed by atoms with Crippen molar-refractivity contribution in [3.63, 3.8) is 0 Å². The molecule has 1 fully saturated rings. The van der Waals surface area contributed by atoms with Crippen molar-refractivity contribution in [3.8, 4) is 11.1 Å². The topological polar surface area (TPSA) is 151 Å². The molecule has 7 N–H and O–H groups in total. The molecule has 0 amide bonds. The van der Waals surface area contributed by atoms with Gasteiger partial charge in [-0.1, -0.05) is 41.6 Å². The van der Waals surface area contributed by atoms with Crippen molar-refractivity contribution in [1.82, 2.24) is 42.2 Å². The number of hydrazine groups is 3. The van der Waals surface area contributed by atoms with E-state index in [9.17, 15) is 8.42 Å². The summed E-state index contributed by atoms with van der Waals surface area (Å²) in [5, 5.41) is 16.5. The third kappa shape index (κ3) is 4.71. The van der Waals surface area contributed by atoms with E-state index in [1.54, 1.807) is 16.9 Å². The van der Waals surface area contributed by atoms with Crippen LogP contribution in [-0.2, 0) is 23.1 Å². The lowest BCUT2D eigenvalue weighted by molar-refractivity contribution is 0.540. The number of hydrogen-bond acceptors (Lipinski definition) is 9. The van der Waals surface area contributed by atoms with Gasteiger partial charge in [0.25, 0.3) is 0 Å². The van der Waals surface area contributed by atoms with Gasteiger partial charge in [-0.15, -0.1) is 5.10 Å². The minimum Gasteiger partial charge on any atom is -0.311 e. The van der Waals surface area contributed by atoms with Crippen molar-refractivity contribution in [2.75, 3.05) is 6.54 Å². The third-order valence-corrected chi connectivity index (χ3v) is 5.71.